The smallest absolute Gasteiger partial charge is 0.124 e. The summed E-state index contributed by atoms with van der Waals surface area (Å²) >= 11 is 0. The van der Waals surface area contributed by atoms with Crippen molar-refractivity contribution in [3.05, 3.63) is 59.2 Å². The molecule has 21 heavy (non-hydrogen) atoms. The molecule has 1 unspecified atom stereocenters. The molecule has 3 heteroatoms. The Kier molecular flexibility index (Phi) is 5.23. The van der Waals surface area contributed by atoms with Gasteiger partial charge < -0.3 is 15.2 Å². The third kappa shape index (κ3) is 3.56. The van der Waals surface area contributed by atoms with Gasteiger partial charge in [-0.1, -0.05) is 37.3 Å². The largest absolute Gasteiger partial charge is 0.496 e. The first kappa shape index (κ1) is 15.4. The molecule has 0 amide bonds. The number of methoxy groups -OCH3 is 1. The molecule has 0 heterocycles. The SMILES string of the molecule is CCCOc1ccccc1C(N)c1ccc(OC)c(C)c1. The van der Waals surface area contributed by atoms with E-state index in [9.17, 15) is 0 Å². The van der Waals surface area contributed by atoms with E-state index in [1.54, 1.807) is 7.11 Å². The van der Waals surface area contributed by atoms with E-state index in [-0.39, 0.29) is 6.04 Å². The van der Waals surface area contributed by atoms with E-state index >= 15 is 0 Å². The normalized spacial score (nSPS) is 12.0. The number of ether oxygens (including phenoxy) is 2. The number of nitrogens with two attached hydrogens (primary N) is 1. The Morgan fingerprint density at radius 2 is 1.86 bits per heavy atom. The first-order chi connectivity index (χ1) is 10.2. The fourth-order valence-electron chi connectivity index (χ4n) is 2.36. The molecule has 0 aliphatic carbocycles. The van der Waals surface area contributed by atoms with E-state index < -0.39 is 0 Å². The molecule has 2 N–H and O–H groups in total. The molecule has 0 aliphatic heterocycles. The van der Waals surface area contributed by atoms with Crippen LogP contribution in [0.1, 0.15) is 36.1 Å². The summed E-state index contributed by atoms with van der Waals surface area (Å²) in [6.45, 7) is 4.81. The van der Waals surface area contributed by atoms with Crippen LogP contribution in [0.25, 0.3) is 0 Å². The Bertz CT molecular complexity index is 596. The minimum atomic E-state index is -0.206. The van der Waals surface area contributed by atoms with Crippen LogP contribution in [0.4, 0.5) is 0 Å². The lowest BCUT2D eigenvalue weighted by Gasteiger charge is -2.18. The van der Waals surface area contributed by atoms with Crippen LogP contribution in [-0.2, 0) is 0 Å². The monoisotopic (exact) mass is 285 g/mol. The third-order valence-corrected chi connectivity index (χ3v) is 3.49. The van der Waals surface area contributed by atoms with Crippen LogP contribution in [0.15, 0.2) is 42.5 Å². The number of aryl methyl sites for hydroxylation is 1. The molecule has 0 spiro atoms. The maximum absolute atomic E-state index is 6.43. The van der Waals surface area contributed by atoms with E-state index in [4.69, 9.17) is 15.2 Å². The van der Waals surface area contributed by atoms with Crippen molar-refractivity contribution in [2.75, 3.05) is 13.7 Å². The van der Waals surface area contributed by atoms with Gasteiger partial charge in [-0.05, 0) is 36.6 Å². The summed E-state index contributed by atoms with van der Waals surface area (Å²) in [4.78, 5) is 0. The van der Waals surface area contributed by atoms with Gasteiger partial charge in [-0.3, -0.25) is 0 Å². The second kappa shape index (κ2) is 7.14. The lowest BCUT2D eigenvalue weighted by atomic mass is 9.97. The van der Waals surface area contributed by atoms with Crippen molar-refractivity contribution >= 4 is 0 Å². The molecule has 0 aromatic heterocycles. The first-order valence-corrected chi connectivity index (χ1v) is 7.29. The molecule has 0 radical (unpaired) electrons. The van der Waals surface area contributed by atoms with Crippen molar-refractivity contribution in [3.63, 3.8) is 0 Å². The highest BCUT2D eigenvalue weighted by atomic mass is 16.5. The van der Waals surface area contributed by atoms with Gasteiger partial charge in [0.15, 0.2) is 0 Å². The molecule has 3 nitrogen and oxygen atoms in total. The van der Waals surface area contributed by atoms with Gasteiger partial charge in [0, 0.05) is 5.56 Å². The molecule has 112 valence electrons. The van der Waals surface area contributed by atoms with E-state index in [1.807, 2.05) is 43.3 Å². The topological polar surface area (TPSA) is 44.5 Å². The summed E-state index contributed by atoms with van der Waals surface area (Å²) in [5, 5.41) is 0. The molecule has 2 aromatic rings. The van der Waals surface area contributed by atoms with Crippen LogP contribution in [0, 0.1) is 6.92 Å². The summed E-state index contributed by atoms with van der Waals surface area (Å²) in [5.41, 5.74) is 9.58. The minimum Gasteiger partial charge on any atom is -0.496 e. The van der Waals surface area contributed by atoms with Crippen molar-refractivity contribution in [3.8, 4) is 11.5 Å². The molecular formula is C18H23NO2. The van der Waals surface area contributed by atoms with E-state index in [1.165, 1.54) is 0 Å². The van der Waals surface area contributed by atoms with Gasteiger partial charge >= 0.3 is 0 Å². The average molecular weight is 285 g/mol. The fraction of sp³-hybridized carbons (Fsp3) is 0.333. The highest BCUT2D eigenvalue weighted by molar-refractivity contribution is 5.44. The first-order valence-electron chi connectivity index (χ1n) is 7.29. The molecule has 0 bridgehead atoms. The van der Waals surface area contributed by atoms with Crippen molar-refractivity contribution in [1.29, 1.82) is 0 Å². The van der Waals surface area contributed by atoms with E-state index in [0.29, 0.717) is 6.61 Å². The zero-order chi connectivity index (χ0) is 15.2. The summed E-state index contributed by atoms with van der Waals surface area (Å²) in [7, 11) is 1.68. The number of hydrogen-bond acceptors (Lipinski definition) is 3. The predicted octanol–water partition coefficient (Wildman–Crippen LogP) is 3.84. The van der Waals surface area contributed by atoms with E-state index in [0.717, 1.165) is 34.6 Å². The summed E-state index contributed by atoms with van der Waals surface area (Å²) in [6, 6.07) is 13.8. The predicted molar refractivity (Wildman–Crippen MR) is 86.0 cm³/mol. The number of para-hydroxylation sites is 1. The van der Waals surface area contributed by atoms with Gasteiger partial charge in [0.1, 0.15) is 11.5 Å². The Balaban J connectivity index is 2.31. The Labute approximate surface area is 126 Å². The quantitative estimate of drug-likeness (QED) is 0.877. The highest BCUT2D eigenvalue weighted by Crippen LogP contribution is 2.30. The molecule has 2 aromatic carbocycles. The van der Waals surface area contributed by atoms with Gasteiger partial charge in [0.25, 0.3) is 0 Å². The maximum Gasteiger partial charge on any atom is 0.124 e. The zero-order valence-corrected chi connectivity index (χ0v) is 12.9. The molecule has 0 aliphatic rings. The Morgan fingerprint density at radius 1 is 1.10 bits per heavy atom. The number of hydrogen-bond donors (Lipinski definition) is 1. The van der Waals surface area contributed by atoms with Gasteiger partial charge in [0.2, 0.25) is 0 Å². The molecule has 1 atom stereocenters. The van der Waals surface area contributed by atoms with Crippen LogP contribution in [0.2, 0.25) is 0 Å². The van der Waals surface area contributed by atoms with Crippen LogP contribution >= 0.6 is 0 Å². The Hall–Kier alpha value is -2.00. The standard InChI is InChI=1S/C18H23NO2/c1-4-11-21-17-8-6-5-7-15(17)18(19)14-9-10-16(20-3)13(2)12-14/h5-10,12,18H,4,11,19H2,1-3H3. The maximum atomic E-state index is 6.43. The zero-order valence-electron chi connectivity index (χ0n) is 12.9. The fourth-order valence-corrected chi connectivity index (χ4v) is 2.36. The second-order valence-corrected chi connectivity index (χ2v) is 5.09. The molecule has 2 rings (SSSR count). The van der Waals surface area contributed by atoms with Crippen molar-refractivity contribution < 1.29 is 9.47 Å². The van der Waals surface area contributed by atoms with Crippen molar-refractivity contribution in [1.82, 2.24) is 0 Å². The molecule has 0 saturated heterocycles. The third-order valence-electron chi connectivity index (χ3n) is 3.49. The second-order valence-electron chi connectivity index (χ2n) is 5.09. The average Bonchev–Trinajstić information content (AvgIpc) is 2.52. The molecule has 0 saturated carbocycles. The van der Waals surface area contributed by atoms with Crippen LogP contribution in [0.5, 0.6) is 11.5 Å². The van der Waals surface area contributed by atoms with Crippen molar-refractivity contribution in [2.24, 2.45) is 5.73 Å². The number of rotatable bonds is 6. The summed E-state index contributed by atoms with van der Waals surface area (Å²) < 4.78 is 11.1. The highest BCUT2D eigenvalue weighted by Gasteiger charge is 2.15. The lowest BCUT2D eigenvalue weighted by Crippen LogP contribution is -2.14. The van der Waals surface area contributed by atoms with Crippen LogP contribution < -0.4 is 15.2 Å². The number of benzene rings is 2. The van der Waals surface area contributed by atoms with Crippen LogP contribution in [-0.4, -0.2) is 13.7 Å². The minimum absolute atomic E-state index is 0.206. The molecule has 0 fully saturated rings. The van der Waals surface area contributed by atoms with Gasteiger partial charge in [0.05, 0.1) is 19.8 Å². The van der Waals surface area contributed by atoms with Gasteiger partial charge in [-0.15, -0.1) is 0 Å². The van der Waals surface area contributed by atoms with Gasteiger partial charge in [-0.2, -0.15) is 0 Å². The molecular weight excluding hydrogens is 262 g/mol. The van der Waals surface area contributed by atoms with E-state index in [2.05, 4.69) is 13.0 Å². The van der Waals surface area contributed by atoms with Crippen LogP contribution in [0.3, 0.4) is 0 Å². The Morgan fingerprint density at radius 3 is 2.52 bits per heavy atom. The lowest BCUT2D eigenvalue weighted by molar-refractivity contribution is 0.313. The summed E-state index contributed by atoms with van der Waals surface area (Å²) in [5.74, 6) is 1.74. The summed E-state index contributed by atoms with van der Waals surface area (Å²) in [6.07, 6.45) is 0.977. The van der Waals surface area contributed by atoms with Crippen molar-refractivity contribution in [2.45, 2.75) is 26.3 Å². The van der Waals surface area contributed by atoms with Gasteiger partial charge in [-0.25, -0.2) is 0 Å².